The first kappa shape index (κ1) is 9.70. The Hall–Kier alpha value is -0.300. The van der Waals surface area contributed by atoms with Crippen molar-refractivity contribution in [1.29, 1.82) is 0 Å². The molecule has 0 radical (unpaired) electrons. The van der Waals surface area contributed by atoms with Crippen LogP contribution >= 0.6 is 0 Å². The molecule has 0 aliphatic heterocycles. The zero-order chi connectivity index (χ0) is 7.82. The third-order valence-corrected chi connectivity index (χ3v) is 1.64. The van der Waals surface area contributed by atoms with Gasteiger partial charge in [0, 0.05) is 6.04 Å². The molecule has 0 rings (SSSR count). The molecule has 0 amide bonds. The third kappa shape index (κ3) is 5.83. The lowest BCUT2D eigenvalue weighted by Crippen LogP contribution is -2.18. The molecule has 0 bridgehead atoms. The van der Waals surface area contributed by atoms with E-state index in [-0.39, 0.29) is 0 Å². The van der Waals surface area contributed by atoms with E-state index in [9.17, 15) is 0 Å². The van der Waals surface area contributed by atoms with Crippen molar-refractivity contribution in [3.8, 4) is 0 Å². The van der Waals surface area contributed by atoms with Crippen molar-refractivity contribution in [3.05, 3.63) is 12.7 Å². The van der Waals surface area contributed by atoms with Gasteiger partial charge in [0.15, 0.2) is 0 Å². The fourth-order valence-corrected chi connectivity index (χ4v) is 1.04. The van der Waals surface area contributed by atoms with Crippen molar-refractivity contribution in [3.63, 3.8) is 0 Å². The number of allylic oxidation sites excluding steroid dienone is 1. The van der Waals surface area contributed by atoms with Crippen LogP contribution in [0.4, 0.5) is 0 Å². The number of hydrogen-bond donors (Lipinski definition) is 1. The summed E-state index contributed by atoms with van der Waals surface area (Å²) in [5.74, 6) is 0. The summed E-state index contributed by atoms with van der Waals surface area (Å²) in [5.41, 5.74) is 5.79. The van der Waals surface area contributed by atoms with Crippen LogP contribution in [-0.4, -0.2) is 6.04 Å². The maximum atomic E-state index is 5.79. The molecule has 10 heavy (non-hydrogen) atoms. The van der Waals surface area contributed by atoms with Gasteiger partial charge in [-0.2, -0.15) is 0 Å². The first-order chi connectivity index (χ1) is 4.81. The minimum absolute atomic E-state index is 0.421. The second-order valence-corrected chi connectivity index (χ2v) is 2.77. The molecule has 0 heterocycles. The standard InChI is InChI=1S/C9H19N/c1-3-5-6-8-9(10)7-4-2/h3,9H,1,4-8,10H2,2H3/t9-/m0/s1. The summed E-state index contributed by atoms with van der Waals surface area (Å²) in [6.45, 7) is 5.84. The van der Waals surface area contributed by atoms with Crippen molar-refractivity contribution >= 4 is 0 Å². The Bertz CT molecular complexity index is 78.8. The summed E-state index contributed by atoms with van der Waals surface area (Å²) in [6, 6.07) is 0.421. The molecule has 1 nitrogen and oxygen atoms in total. The molecule has 0 aromatic carbocycles. The number of rotatable bonds is 6. The molecule has 0 saturated carbocycles. The molecule has 0 aliphatic rings. The molecule has 0 aliphatic carbocycles. The molecular weight excluding hydrogens is 122 g/mol. The summed E-state index contributed by atoms with van der Waals surface area (Å²) in [4.78, 5) is 0. The van der Waals surface area contributed by atoms with Gasteiger partial charge in [0.05, 0.1) is 0 Å². The molecule has 1 atom stereocenters. The van der Waals surface area contributed by atoms with Crippen LogP contribution in [0.2, 0.25) is 0 Å². The minimum atomic E-state index is 0.421. The van der Waals surface area contributed by atoms with E-state index < -0.39 is 0 Å². The van der Waals surface area contributed by atoms with Crippen LogP contribution in [0.25, 0.3) is 0 Å². The predicted molar refractivity (Wildman–Crippen MR) is 46.9 cm³/mol. The highest BCUT2D eigenvalue weighted by molar-refractivity contribution is 4.68. The summed E-state index contributed by atoms with van der Waals surface area (Å²) < 4.78 is 0. The maximum Gasteiger partial charge on any atom is 0.00388 e. The normalized spacial score (nSPS) is 13.0. The SMILES string of the molecule is C=CCCC[C@@H](N)CCC. The average molecular weight is 141 g/mol. The van der Waals surface area contributed by atoms with Gasteiger partial charge in [0.2, 0.25) is 0 Å². The van der Waals surface area contributed by atoms with E-state index >= 15 is 0 Å². The Morgan fingerprint density at radius 3 is 2.70 bits per heavy atom. The molecule has 60 valence electrons. The average Bonchev–Trinajstić information content (AvgIpc) is 1.89. The van der Waals surface area contributed by atoms with Gasteiger partial charge in [0.25, 0.3) is 0 Å². The molecule has 0 saturated heterocycles. The fraction of sp³-hybridized carbons (Fsp3) is 0.778. The number of unbranched alkanes of at least 4 members (excludes halogenated alkanes) is 1. The van der Waals surface area contributed by atoms with Crippen molar-refractivity contribution in [2.24, 2.45) is 5.73 Å². The number of nitrogens with two attached hydrogens (primary N) is 1. The lowest BCUT2D eigenvalue weighted by Gasteiger charge is -2.07. The van der Waals surface area contributed by atoms with E-state index in [0.717, 1.165) is 19.3 Å². The van der Waals surface area contributed by atoms with Gasteiger partial charge in [-0.25, -0.2) is 0 Å². The van der Waals surface area contributed by atoms with Gasteiger partial charge in [0.1, 0.15) is 0 Å². The Morgan fingerprint density at radius 2 is 2.20 bits per heavy atom. The van der Waals surface area contributed by atoms with E-state index in [2.05, 4.69) is 13.5 Å². The smallest absolute Gasteiger partial charge is 0.00388 e. The molecule has 0 unspecified atom stereocenters. The van der Waals surface area contributed by atoms with Gasteiger partial charge in [-0.15, -0.1) is 6.58 Å². The second kappa shape index (κ2) is 6.81. The summed E-state index contributed by atoms with van der Waals surface area (Å²) in [5, 5.41) is 0. The van der Waals surface area contributed by atoms with Gasteiger partial charge in [-0.05, 0) is 25.7 Å². The lowest BCUT2D eigenvalue weighted by molar-refractivity contribution is 0.542. The Morgan fingerprint density at radius 1 is 1.50 bits per heavy atom. The highest BCUT2D eigenvalue weighted by Crippen LogP contribution is 2.03. The molecule has 0 aromatic heterocycles. The quantitative estimate of drug-likeness (QED) is 0.446. The van der Waals surface area contributed by atoms with Crippen molar-refractivity contribution in [2.75, 3.05) is 0 Å². The van der Waals surface area contributed by atoms with Crippen LogP contribution in [0, 0.1) is 0 Å². The number of hydrogen-bond acceptors (Lipinski definition) is 1. The largest absolute Gasteiger partial charge is 0.328 e. The van der Waals surface area contributed by atoms with Crippen molar-refractivity contribution < 1.29 is 0 Å². The lowest BCUT2D eigenvalue weighted by atomic mass is 10.1. The van der Waals surface area contributed by atoms with Gasteiger partial charge < -0.3 is 5.73 Å². The topological polar surface area (TPSA) is 26.0 Å². The Labute approximate surface area is 64.3 Å². The van der Waals surface area contributed by atoms with Crippen LogP contribution in [0.5, 0.6) is 0 Å². The van der Waals surface area contributed by atoms with Crippen molar-refractivity contribution in [2.45, 2.75) is 45.1 Å². The summed E-state index contributed by atoms with van der Waals surface area (Å²) >= 11 is 0. The van der Waals surface area contributed by atoms with Crippen LogP contribution < -0.4 is 5.73 Å². The summed E-state index contributed by atoms with van der Waals surface area (Å²) in [6.07, 6.45) is 7.78. The highest BCUT2D eigenvalue weighted by atomic mass is 14.6. The first-order valence-electron chi connectivity index (χ1n) is 4.17. The predicted octanol–water partition coefficient (Wildman–Crippen LogP) is 2.47. The van der Waals surface area contributed by atoms with E-state index in [4.69, 9.17) is 5.73 Å². The molecule has 0 aromatic rings. The highest BCUT2D eigenvalue weighted by Gasteiger charge is 1.98. The molecular formula is C9H19N. The van der Waals surface area contributed by atoms with Crippen LogP contribution in [0.1, 0.15) is 39.0 Å². The van der Waals surface area contributed by atoms with Gasteiger partial charge >= 0.3 is 0 Å². The second-order valence-electron chi connectivity index (χ2n) is 2.77. The van der Waals surface area contributed by atoms with Crippen molar-refractivity contribution in [1.82, 2.24) is 0 Å². The molecule has 0 spiro atoms. The van der Waals surface area contributed by atoms with E-state index in [1.54, 1.807) is 0 Å². The zero-order valence-corrected chi connectivity index (χ0v) is 6.97. The monoisotopic (exact) mass is 141 g/mol. The molecule has 2 N–H and O–H groups in total. The summed E-state index contributed by atoms with van der Waals surface area (Å²) in [7, 11) is 0. The van der Waals surface area contributed by atoms with E-state index in [1.165, 1.54) is 12.8 Å². The van der Waals surface area contributed by atoms with Gasteiger partial charge in [-0.3, -0.25) is 0 Å². The maximum absolute atomic E-state index is 5.79. The molecule has 0 fully saturated rings. The van der Waals surface area contributed by atoms with E-state index in [1.807, 2.05) is 6.08 Å². The third-order valence-electron chi connectivity index (χ3n) is 1.64. The Kier molecular flexibility index (Phi) is 6.61. The Balaban J connectivity index is 3.04. The van der Waals surface area contributed by atoms with Crippen LogP contribution in [0.15, 0.2) is 12.7 Å². The van der Waals surface area contributed by atoms with E-state index in [0.29, 0.717) is 6.04 Å². The zero-order valence-electron chi connectivity index (χ0n) is 6.97. The molecule has 1 heteroatoms. The van der Waals surface area contributed by atoms with Crippen LogP contribution in [0.3, 0.4) is 0 Å². The first-order valence-corrected chi connectivity index (χ1v) is 4.17. The van der Waals surface area contributed by atoms with Crippen LogP contribution in [-0.2, 0) is 0 Å². The van der Waals surface area contributed by atoms with Gasteiger partial charge in [-0.1, -0.05) is 19.4 Å². The fourth-order valence-electron chi connectivity index (χ4n) is 1.04. The minimum Gasteiger partial charge on any atom is -0.328 e.